The Morgan fingerprint density at radius 3 is 1.81 bits per heavy atom. The van der Waals surface area contributed by atoms with Crippen LogP contribution < -0.4 is 9.80 Å². The number of para-hydroxylation sites is 1. The van der Waals surface area contributed by atoms with Gasteiger partial charge in [0.15, 0.2) is 0 Å². The van der Waals surface area contributed by atoms with Crippen LogP contribution in [0, 0.1) is 0 Å². The number of nitrogens with zero attached hydrogens (tertiary/aromatic N) is 2. The molecule has 0 fully saturated rings. The minimum atomic E-state index is -0.351. The zero-order valence-electron chi connectivity index (χ0n) is 14.6. The van der Waals surface area contributed by atoms with Crippen LogP contribution in [0.25, 0.3) is 0 Å². The summed E-state index contributed by atoms with van der Waals surface area (Å²) in [5, 5.41) is 0. The number of carbonyl (C=O) groups is 3. The lowest BCUT2D eigenvalue weighted by molar-refractivity contribution is 0.0925. The molecular formula is C22H16N2O3. The van der Waals surface area contributed by atoms with E-state index in [1.165, 1.54) is 0 Å². The van der Waals surface area contributed by atoms with Gasteiger partial charge in [-0.25, -0.2) is 4.90 Å². The van der Waals surface area contributed by atoms with Crippen molar-refractivity contribution in [3.05, 3.63) is 95.6 Å². The Bertz CT molecular complexity index is 1010. The van der Waals surface area contributed by atoms with Crippen LogP contribution in [0.3, 0.4) is 0 Å². The maximum atomic E-state index is 12.7. The molecule has 3 aromatic carbocycles. The molecule has 0 saturated heterocycles. The SMILES string of the molecule is CN(C(=O)c1ccc(N2C(=O)c3ccccc3C2=O)cc1)c1ccccc1. The minimum Gasteiger partial charge on any atom is -0.311 e. The summed E-state index contributed by atoms with van der Waals surface area (Å²) >= 11 is 0. The fourth-order valence-corrected chi connectivity index (χ4v) is 3.14. The van der Waals surface area contributed by atoms with Gasteiger partial charge in [0, 0.05) is 18.3 Å². The number of anilines is 2. The van der Waals surface area contributed by atoms with E-state index >= 15 is 0 Å². The van der Waals surface area contributed by atoms with E-state index < -0.39 is 0 Å². The molecule has 0 aliphatic carbocycles. The molecule has 5 nitrogen and oxygen atoms in total. The number of benzene rings is 3. The molecule has 0 atom stereocenters. The van der Waals surface area contributed by atoms with Gasteiger partial charge < -0.3 is 4.90 Å². The predicted molar refractivity (Wildman–Crippen MR) is 103 cm³/mol. The first-order valence-electron chi connectivity index (χ1n) is 8.49. The third-order valence-electron chi connectivity index (χ3n) is 4.61. The summed E-state index contributed by atoms with van der Waals surface area (Å²) in [7, 11) is 1.70. The molecule has 0 N–H and O–H groups in total. The Hall–Kier alpha value is -3.73. The molecule has 3 amide bonds. The van der Waals surface area contributed by atoms with E-state index in [-0.39, 0.29) is 17.7 Å². The molecule has 3 aromatic rings. The maximum Gasteiger partial charge on any atom is 0.266 e. The molecule has 4 rings (SSSR count). The van der Waals surface area contributed by atoms with Crippen molar-refractivity contribution in [1.29, 1.82) is 0 Å². The van der Waals surface area contributed by atoms with Crippen molar-refractivity contribution in [3.63, 3.8) is 0 Å². The zero-order valence-corrected chi connectivity index (χ0v) is 14.6. The number of carbonyl (C=O) groups excluding carboxylic acids is 3. The molecular weight excluding hydrogens is 340 g/mol. The fourth-order valence-electron chi connectivity index (χ4n) is 3.14. The first-order valence-corrected chi connectivity index (χ1v) is 8.49. The standard InChI is InChI=1S/C22H16N2O3/c1-23(16-7-3-2-4-8-16)20(25)15-11-13-17(14-12-15)24-21(26)18-9-5-6-10-19(18)22(24)27/h2-14H,1H3. The van der Waals surface area contributed by atoms with Crippen LogP contribution in [0.5, 0.6) is 0 Å². The van der Waals surface area contributed by atoms with Crippen molar-refractivity contribution >= 4 is 29.1 Å². The highest BCUT2D eigenvalue weighted by Crippen LogP contribution is 2.28. The molecule has 1 aliphatic heterocycles. The lowest BCUT2D eigenvalue weighted by atomic mass is 10.1. The van der Waals surface area contributed by atoms with Crippen molar-refractivity contribution in [2.75, 3.05) is 16.8 Å². The normalized spacial score (nSPS) is 12.9. The molecule has 27 heavy (non-hydrogen) atoms. The lowest BCUT2D eigenvalue weighted by Crippen LogP contribution is -2.29. The van der Waals surface area contributed by atoms with Gasteiger partial charge in [-0.1, -0.05) is 30.3 Å². The van der Waals surface area contributed by atoms with Gasteiger partial charge in [-0.05, 0) is 48.5 Å². The molecule has 0 bridgehead atoms. The van der Waals surface area contributed by atoms with Crippen LogP contribution >= 0.6 is 0 Å². The van der Waals surface area contributed by atoms with Crippen LogP contribution in [-0.2, 0) is 0 Å². The maximum absolute atomic E-state index is 12.7. The van der Waals surface area contributed by atoms with E-state index in [0.717, 1.165) is 10.6 Å². The Kier molecular flexibility index (Phi) is 4.05. The quantitative estimate of drug-likeness (QED) is 0.672. The molecule has 5 heteroatoms. The van der Waals surface area contributed by atoms with Gasteiger partial charge in [0.25, 0.3) is 17.7 Å². The number of amides is 3. The number of fused-ring (bicyclic) bond motifs is 1. The second kappa shape index (κ2) is 6.53. The summed E-state index contributed by atoms with van der Waals surface area (Å²) in [6, 6.07) is 22.6. The predicted octanol–water partition coefficient (Wildman–Crippen LogP) is 3.76. The van der Waals surface area contributed by atoms with Gasteiger partial charge in [0.2, 0.25) is 0 Å². The molecule has 132 valence electrons. The Morgan fingerprint density at radius 1 is 0.741 bits per heavy atom. The van der Waals surface area contributed by atoms with E-state index in [0.29, 0.717) is 22.4 Å². The van der Waals surface area contributed by atoms with Crippen molar-refractivity contribution in [2.24, 2.45) is 0 Å². The molecule has 1 aliphatic rings. The van der Waals surface area contributed by atoms with E-state index in [1.54, 1.807) is 60.5 Å². The van der Waals surface area contributed by atoms with Crippen molar-refractivity contribution in [2.45, 2.75) is 0 Å². The highest BCUT2D eigenvalue weighted by molar-refractivity contribution is 6.34. The first-order chi connectivity index (χ1) is 13.1. The third-order valence-corrected chi connectivity index (χ3v) is 4.61. The van der Waals surface area contributed by atoms with Gasteiger partial charge in [-0.15, -0.1) is 0 Å². The van der Waals surface area contributed by atoms with Crippen LogP contribution in [0.1, 0.15) is 31.1 Å². The van der Waals surface area contributed by atoms with Crippen molar-refractivity contribution < 1.29 is 14.4 Å². The van der Waals surface area contributed by atoms with Crippen LogP contribution in [0.15, 0.2) is 78.9 Å². The highest BCUT2D eigenvalue weighted by Gasteiger charge is 2.36. The Balaban J connectivity index is 1.59. The van der Waals surface area contributed by atoms with Gasteiger partial charge >= 0.3 is 0 Å². The van der Waals surface area contributed by atoms with Crippen LogP contribution in [-0.4, -0.2) is 24.8 Å². The number of hydrogen-bond donors (Lipinski definition) is 0. The summed E-state index contributed by atoms with van der Waals surface area (Å²) < 4.78 is 0. The van der Waals surface area contributed by atoms with Crippen LogP contribution in [0.4, 0.5) is 11.4 Å². The second-order valence-corrected chi connectivity index (χ2v) is 6.24. The molecule has 0 saturated carbocycles. The summed E-state index contributed by atoms with van der Waals surface area (Å²) in [5.41, 5.74) is 2.49. The summed E-state index contributed by atoms with van der Waals surface area (Å²) in [4.78, 5) is 40.5. The van der Waals surface area contributed by atoms with Gasteiger partial charge in [-0.3, -0.25) is 14.4 Å². The number of rotatable bonds is 3. The summed E-state index contributed by atoms with van der Waals surface area (Å²) in [6.07, 6.45) is 0. The molecule has 0 radical (unpaired) electrons. The van der Waals surface area contributed by atoms with E-state index in [1.807, 2.05) is 30.3 Å². The zero-order chi connectivity index (χ0) is 19.0. The van der Waals surface area contributed by atoms with Crippen molar-refractivity contribution in [3.8, 4) is 0 Å². The fraction of sp³-hybridized carbons (Fsp3) is 0.0455. The monoisotopic (exact) mass is 356 g/mol. The van der Waals surface area contributed by atoms with Crippen LogP contribution in [0.2, 0.25) is 0 Å². The smallest absolute Gasteiger partial charge is 0.266 e. The van der Waals surface area contributed by atoms with Crippen molar-refractivity contribution in [1.82, 2.24) is 0 Å². The molecule has 0 aromatic heterocycles. The van der Waals surface area contributed by atoms with E-state index in [9.17, 15) is 14.4 Å². The molecule has 1 heterocycles. The molecule has 0 spiro atoms. The average molecular weight is 356 g/mol. The Morgan fingerprint density at radius 2 is 1.26 bits per heavy atom. The summed E-state index contributed by atoms with van der Waals surface area (Å²) in [6.45, 7) is 0. The first kappa shape index (κ1) is 16.7. The number of hydrogen-bond acceptors (Lipinski definition) is 3. The molecule has 0 unspecified atom stereocenters. The topological polar surface area (TPSA) is 57.7 Å². The van der Waals surface area contributed by atoms with Gasteiger partial charge in [0.1, 0.15) is 0 Å². The minimum absolute atomic E-state index is 0.171. The van der Waals surface area contributed by atoms with E-state index in [4.69, 9.17) is 0 Å². The van der Waals surface area contributed by atoms with E-state index in [2.05, 4.69) is 0 Å². The highest BCUT2D eigenvalue weighted by atomic mass is 16.2. The largest absolute Gasteiger partial charge is 0.311 e. The Labute approximate surface area is 156 Å². The van der Waals surface area contributed by atoms with Gasteiger partial charge in [0.05, 0.1) is 16.8 Å². The lowest BCUT2D eigenvalue weighted by Gasteiger charge is -2.18. The second-order valence-electron chi connectivity index (χ2n) is 6.24. The van der Waals surface area contributed by atoms with Gasteiger partial charge in [-0.2, -0.15) is 0 Å². The summed E-state index contributed by atoms with van der Waals surface area (Å²) in [5.74, 6) is -0.873. The average Bonchev–Trinajstić information content (AvgIpc) is 2.98. The number of imide groups is 1. The third kappa shape index (κ3) is 2.79.